The quantitative estimate of drug-likeness (QED) is 0.685. The summed E-state index contributed by atoms with van der Waals surface area (Å²) in [5, 5.41) is 11.7. The first kappa shape index (κ1) is 12.1. The molecule has 0 bridgehead atoms. The van der Waals surface area contributed by atoms with E-state index < -0.39 is 0 Å². The van der Waals surface area contributed by atoms with E-state index in [4.69, 9.17) is 0 Å². The van der Waals surface area contributed by atoms with Crippen LogP contribution in [0.5, 0.6) is 5.75 Å². The minimum Gasteiger partial charge on any atom is -0.508 e. The highest BCUT2D eigenvalue weighted by Crippen LogP contribution is 2.28. The second kappa shape index (κ2) is 5.37. The Balaban J connectivity index is 1.80. The van der Waals surface area contributed by atoms with Gasteiger partial charge in [-0.05, 0) is 40.6 Å². The van der Waals surface area contributed by atoms with Crippen LogP contribution in [0.25, 0.3) is 10.8 Å². The van der Waals surface area contributed by atoms with Crippen LogP contribution < -0.4 is 0 Å². The SMILES string of the molecule is Oc1ccc2cc(SCc3ccccc3)ccc2c1. The number of hydrogen-bond donors (Lipinski definition) is 1. The third-order valence-electron chi connectivity index (χ3n) is 3.04. The summed E-state index contributed by atoms with van der Waals surface area (Å²) in [7, 11) is 0. The zero-order chi connectivity index (χ0) is 13.1. The Bertz CT molecular complexity index is 692. The molecule has 0 heterocycles. The van der Waals surface area contributed by atoms with Crippen LogP contribution in [0.3, 0.4) is 0 Å². The van der Waals surface area contributed by atoms with Gasteiger partial charge in [0, 0.05) is 10.6 Å². The molecule has 0 fully saturated rings. The smallest absolute Gasteiger partial charge is 0.116 e. The Labute approximate surface area is 116 Å². The van der Waals surface area contributed by atoms with Gasteiger partial charge < -0.3 is 5.11 Å². The monoisotopic (exact) mass is 266 g/mol. The largest absolute Gasteiger partial charge is 0.508 e. The molecular formula is C17H14OS. The number of phenolic OH excluding ortho intramolecular Hbond substituents is 1. The number of thioether (sulfide) groups is 1. The summed E-state index contributed by atoms with van der Waals surface area (Å²) in [4.78, 5) is 1.25. The highest BCUT2D eigenvalue weighted by molar-refractivity contribution is 7.98. The van der Waals surface area contributed by atoms with Gasteiger partial charge in [-0.3, -0.25) is 0 Å². The van der Waals surface area contributed by atoms with Crippen molar-refractivity contribution in [3.8, 4) is 5.75 Å². The maximum Gasteiger partial charge on any atom is 0.116 e. The van der Waals surface area contributed by atoms with Crippen molar-refractivity contribution in [1.82, 2.24) is 0 Å². The van der Waals surface area contributed by atoms with E-state index in [0.717, 1.165) is 16.5 Å². The van der Waals surface area contributed by atoms with Crippen LogP contribution >= 0.6 is 11.8 Å². The molecular weight excluding hydrogens is 252 g/mol. The second-order valence-corrected chi connectivity index (χ2v) is 5.52. The lowest BCUT2D eigenvalue weighted by molar-refractivity contribution is 0.476. The van der Waals surface area contributed by atoms with E-state index >= 15 is 0 Å². The Morgan fingerprint density at radius 1 is 0.789 bits per heavy atom. The fourth-order valence-electron chi connectivity index (χ4n) is 2.04. The zero-order valence-electron chi connectivity index (χ0n) is 10.4. The number of phenols is 1. The predicted molar refractivity (Wildman–Crippen MR) is 81.6 cm³/mol. The highest BCUT2D eigenvalue weighted by Gasteiger charge is 1.99. The van der Waals surface area contributed by atoms with E-state index in [9.17, 15) is 5.11 Å². The molecule has 0 radical (unpaired) electrons. The molecule has 0 aliphatic carbocycles. The number of hydrogen-bond acceptors (Lipinski definition) is 2. The molecule has 0 aliphatic heterocycles. The molecule has 0 aliphatic rings. The lowest BCUT2D eigenvalue weighted by Gasteiger charge is -2.04. The van der Waals surface area contributed by atoms with E-state index in [1.54, 1.807) is 12.1 Å². The predicted octanol–water partition coefficient (Wildman–Crippen LogP) is 4.84. The van der Waals surface area contributed by atoms with Gasteiger partial charge in [0.25, 0.3) is 0 Å². The lowest BCUT2D eigenvalue weighted by Crippen LogP contribution is -1.80. The molecule has 0 unspecified atom stereocenters. The van der Waals surface area contributed by atoms with Gasteiger partial charge in [0.2, 0.25) is 0 Å². The van der Waals surface area contributed by atoms with Gasteiger partial charge in [-0.15, -0.1) is 11.8 Å². The summed E-state index contributed by atoms with van der Waals surface area (Å²) >= 11 is 1.83. The van der Waals surface area contributed by atoms with Gasteiger partial charge >= 0.3 is 0 Å². The molecule has 0 aromatic heterocycles. The molecule has 0 spiro atoms. The Kier molecular flexibility index (Phi) is 3.43. The third-order valence-corrected chi connectivity index (χ3v) is 4.11. The molecule has 3 aromatic carbocycles. The number of fused-ring (bicyclic) bond motifs is 1. The molecule has 3 aromatic rings. The summed E-state index contributed by atoms with van der Waals surface area (Å²) < 4.78 is 0. The fourth-order valence-corrected chi connectivity index (χ4v) is 2.94. The average Bonchev–Trinajstić information content (AvgIpc) is 2.46. The average molecular weight is 266 g/mol. The van der Waals surface area contributed by atoms with E-state index in [0.29, 0.717) is 5.75 Å². The Hall–Kier alpha value is -1.93. The van der Waals surface area contributed by atoms with Crippen LogP contribution in [-0.2, 0) is 5.75 Å². The van der Waals surface area contributed by atoms with Crippen molar-refractivity contribution in [1.29, 1.82) is 0 Å². The van der Waals surface area contributed by atoms with Gasteiger partial charge in [-0.2, -0.15) is 0 Å². The number of benzene rings is 3. The molecule has 0 saturated carbocycles. The van der Waals surface area contributed by atoms with Crippen molar-refractivity contribution in [3.05, 3.63) is 72.3 Å². The van der Waals surface area contributed by atoms with Crippen LogP contribution in [0.4, 0.5) is 0 Å². The minimum absolute atomic E-state index is 0.317. The molecule has 0 atom stereocenters. The van der Waals surface area contributed by atoms with Crippen molar-refractivity contribution in [2.24, 2.45) is 0 Å². The highest BCUT2D eigenvalue weighted by atomic mass is 32.2. The Morgan fingerprint density at radius 3 is 2.37 bits per heavy atom. The maximum atomic E-state index is 9.45. The maximum absolute atomic E-state index is 9.45. The van der Waals surface area contributed by atoms with Crippen molar-refractivity contribution in [2.75, 3.05) is 0 Å². The van der Waals surface area contributed by atoms with E-state index in [2.05, 4.69) is 42.5 Å². The first-order chi connectivity index (χ1) is 9.31. The fraction of sp³-hybridized carbons (Fsp3) is 0.0588. The van der Waals surface area contributed by atoms with Crippen LogP contribution in [0.15, 0.2) is 71.6 Å². The summed E-state index contributed by atoms with van der Waals surface area (Å²) in [6.07, 6.45) is 0. The molecule has 0 amide bonds. The van der Waals surface area contributed by atoms with E-state index in [1.807, 2.05) is 23.9 Å². The van der Waals surface area contributed by atoms with Crippen molar-refractivity contribution in [3.63, 3.8) is 0 Å². The Morgan fingerprint density at radius 2 is 1.53 bits per heavy atom. The lowest BCUT2D eigenvalue weighted by atomic mass is 10.1. The van der Waals surface area contributed by atoms with Gasteiger partial charge in [-0.25, -0.2) is 0 Å². The summed E-state index contributed by atoms with van der Waals surface area (Å²) in [6.45, 7) is 0. The summed E-state index contributed by atoms with van der Waals surface area (Å²) in [5.41, 5.74) is 1.33. The molecule has 1 nitrogen and oxygen atoms in total. The summed E-state index contributed by atoms with van der Waals surface area (Å²) in [5.74, 6) is 1.29. The first-order valence-corrected chi connectivity index (χ1v) is 7.19. The summed E-state index contributed by atoms with van der Waals surface area (Å²) in [6, 6.07) is 22.3. The third kappa shape index (κ3) is 2.91. The van der Waals surface area contributed by atoms with Crippen LogP contribution in [0, 0.1) is 0 Å². The number of rotatable bonds is 3. The molecule has 19 heavy (non-hydrogen) atoms. The normalized spacial score (nSPS) is 10.7. The molecule has 2 heteroatoms. The standard InChI is InChI=1S/C17H14OS/c18-16-8-6-15-11-17(9-7-14(15)10-16)19-12-13-4-2-1-3-5-13/h1-11,18H,12H2. The molecule has 94 valence electrons. The zero-order valence-corrected chi connectivity index (χ0v) is 11.2. The molecule has 0 saturated heterocycles. The second-order valence-electron chi connectivity index (χ2n) is 4.47. The van der Waals surface area contributed by atoms with Crippen molar-refractivity contribution >= 4 is 22.5 Å². The van der Waals surface area contributed by atoms with Gasteiger partial charge in [0.15, 0.2) is 0 Å². The van der Waals surface area contributed by atoms with Gasteiger partial charge in [0.1, 0.15) is 5.75 Å². The van der Waals surface area contributed by atoms with E-state index in [1.165, 1.54) is 10.5 Å². The first-order valence-electron chi connectivity index (χ1n) is 6.21. The topological polar surface area (TPSA) is 20.2 Å². The van der Waals surface area contributed by atoms with Crippen LogP contribution in [0.1, 0.15) is 5.56 Å². The number of aromatic hydroxyl groups is 1. The van der Waals surface area contributed by atoms with Crippen molar-refractivity contribution in [2.45, 2.75) is 10.6 Å². The molecule has 3 rings (SSSR count). The van der Waals surface area contributed by atoms with Crippen LogP contribution in [-0.4, -0.2) is 5.11 Å². The molecule has 1 N–H and O–H groups in total. The van der Waals surface area contributed by atoms with E-state index in [-0.39, 0.29) is 0 Å². The van der Waals surface area contributed by atoms with Gasteiger partial charge in [-0.1, -0.05) is 42.5 Å². The van der Waals surface area contributed by atoms with Gasteiger partial charge in [0.05, 0.1) is 0 Å². The van der Waals surface area contributed by atoms with Crippen LogP contribution in [0.2, 0.25) is 0 Å². The minimum atomic E-state index is 0.317. The van der Waals surface area contributed by atoms with Crippen molar-refractivity contribution < 1.29 is 5.11 Å².